The molecule has 26 heavy (non-hydrogen) atoms. The molecule has 0 aliphatic heterocycles. The average molecular weight is 356 g/mol. The molecule has 1 aromatic carbocycles. The monoisotopic (exact) mass is 356 g/mol. The van der Waals surface area contributed by atoms with Gasteiger partial charge >= 0.3 is 0 Å². The highest BCUT2D eigenvalue weighted by atomic mass is 16.6. The van der Waals surface area contributed by atoms with Gasteiger partial charge in [0.25, 0.3) is 17.3 Å². The Morgan fingerprint density at radius 3 is 2.69 bits per heavy atom. The minimum absolute atomic E-state index is 0.0518. The van der Waals surface area contributed by atoms with Crippen molar-refractivity contribution >= 4 is 22.7 Å². The van der Waals surface area contributed by atoms with E-state index >= 15 is 0 Å². The summed E-state index contributed by atoms with van der Waals surface area (Å²) in [5, 5.41) is 27.9. The normalized spacial score (nSPS) is 12.1. The van der Waals surface area contributed by atoms with Crippen molar-refractivity contribution in [3.8, 4) is 0 Å². The molecule has 1 unspecified atom stereocenters. The molecule has 1 amide bonds. The van der Waals surface area contributed by atoms with Crippen LogP contribution in [0, 0.1) is 24.0 Å². The van der Waals surface area contributed by atoms with Crippen LogP contribution in [0.4, 0.5) is 5.69 Å². The number of nitrogens with one attached hydrogen (secondary N) is 1. The highest BCUT2D eigenvalue weighted by Gasteiger charge is 2.19. The minimum Gasteiger partial charge on any atom is -0.387 e. The number of carbonyl (C=O) groups is 1. The third-order valence-corrected chi connectivity index (χ3v) is 3.93. The summed E-state index contributed by atoms with van der Waals surface area (Å²) in [6.07, 6.45) is -0.998. The number of fused-ring (bicyclic) bond motifs is 1. The second-order valence-corrected chi connectivity index (χ2v) is 5.83. The number of aromatic nitrogens is 2. The van der Waals surface area contributed by atoms with Crippen LogP contribution in [0.2, 0.25) is 0 Å². The van der Waals surface area contributed by atoms with Gasteiger partial charge in [-0.25, -0.2) is 4.98 Å². The van der Waals surface area contributed by atoms with Crippen molar-refractivity contribution in [2.75, 3.05) is 6.54 Å². The maximum absolute atomic E-state index is 12.5. The van der Waals surface area contributed by atoms with Crippen molar-refractivity contribution in [3.05, 3.63) is 63.0 Å². The number of nitro benzene ring substituents is 1. The Morgan fingerprint density at radius 1 is 1.35 bits per heavy atom. The fourth-order valence-electron chi connectivity index (χ4n) is 2.62. The number of aliphatic hydroxyl groups is 1. The second kappa shape index (κ2) is 6.89. The number of carbonyl (C=O) groups excluding carboxylic acids is 1. The minimum atomic E-state index is -0.998. The first-order chi connectivity index (χ1) is 12.4. The summed E-state index contributed by atoms with van der Waals surface area (Å²) in [5.74, 6) is -0.396. The number of rotatable bonds is 5. The number of hydrogen-bond donors (Lipinski definition) is 2. The molecule has 0 aliphatic carbocycles. The van der Waals surface area contributed by atoms with E-state index in [0.717, 1.165) is 0 Å². The van der Waals surface area contributed by atoms with Gasteiger partial charge in [0.05, 0.1) is 27.7 Å². The van der Waals surface area contributed by atoms with Crippen LogP contribution >= 0.6 is 0 Å². The average Bonchev–Trinajstić information content (AvgIpc) is 2.99. The molecular weight excluding hydrogens is 340 g/mol. The standard InChI is InChI=1S/C17H16N4O5/c1-9-7-13(15-10(2)20-26-17(15)19-9)16(23)18-8-14(22)11-3-5-12(6-4-11)21(24)25/h3-7,14,22H,8H2,1-2H3,(H,18,23). The predicted molar refractivity (Wildman–Crippen MR) is 91.7 cm³/mol. The Bertz CT molecular complexity index is 981. The number of nitro groups is 1. The summed E-state index contributed by atoms with van der Waals surface area (Å²) < 4.78 is 5.10. The van der Waals surface area contributed by atoms with Crippen molar-refractivity contribution in [1.82, 2.24) is 15.5 Å². The molecule has 0 aliphatic rings. The molecule has 0 saturated carbocycles. The zero-order valence-corrected chi connectivity index (χ0v) is 14.1. The van der Waals surface area contributed by atoms with E-state index in [9.17, 15) is 20.0 Å². The van der Waals surface area contributed by atoms with E-state index in [1.807, 2.05) is 0 Å². The highest BCUT2D eigenvalue weighted by Crippen LogP contribution is 2.22. The zero-order valence-electron chi connectivity index (χ0n) is 14.1. The molecule has 3 aromatic rings. The van der Waals surface area contributed by atoms with Gasteiger partial charge in [0.15, 0.2) is 0 Å². The Morgan fingerprint density at radius 2 is 2.04 bits per heavy atom. The number of amides is 1. The second-order valence-electron chi connectivity index (χ2n) is 5.83. The van der Waals surface area contributed by atoms with Gasteiger partial charge in [-0.05, 0) is 37.6 Å². The molecule has 0 spiro atoms. The molecule has 1 atom stereocenters. The van der Waals surface area contributed by atoms with Crippen molar-refractivity contribution in [3.63, 3.8) is 0 Å². The molecule has 9 nitrogen and oxygen atoms in total. The third-order valence-electron chi connectivity index (χ3n) is 3.93. The van der Waals surface area contributed by atoms with Gasteiger partial charge in [-0.1, -0.05) is 5.16 Å². The molecule has 134 valence electrons. The van der Waals surface area contributed by atoms with E-state index in [2.05, 4.69) is 15.5 Å². The molecule has 0 saturated heterocycles. The summed E-state index contributed by atoms with van der Waals surface area (Å²) in [6.45, 7) is 3.40. The lowest BCUT2D eigenvalue weighted by Crippen LogP contribution is -2.28. The van der Waals surface area contributed by atoms with E-state index in [4.69, 9.17) is 4.52 Å². The van der Waals surface area contributed by atoms with E-state index in [1.54, 1.807) is 19.9 Å². The Hall–Kier alpha value is -3.33. The van der Waals surface area contributed by atoms with Crippen LogP contribution in [0.1, 0.15) is 33.4 Å². The lowest BCUT2D eigenvalue weighted by atomic mass is 10.1. The number of benzene rings is 1. The Labute approximate surface area is 147 Å². The predicted octanol–water partition coefficient (Wildman–Crippen LogP) is 2.21. The summed E-state index contributed by atoms with van der Waals surface area (Å²) in [4.78, 5) is 26.9. The number of non-ortho nitro benzene ring substituents is 1. The summed E-state index contributed by atoms with van der Waals surface area (Å²) >= 11 is 0. The van der Waals surface area contributed by atoms with Crippen molar-refractivity contribution in [2.45, 2.75) is 20.0 Å². The van der Waals surface area contributed by atoms with Gasteiger partial charge in [-0.15, -0.1) is 0 Å². The zero-order chi connectivity index (χ0) is 18.8. The van der Waals surface area contributed by atoms with Gasteiger partial charge < -0.3 is 14.9 Å². The Kier molecular flexibility index (Phi) is 4.63. The lowest BCUT2D eigenvalue weighted by Gasteiger charge is -2.12. The molecular formula is C17H16N4O5. The molecule has 3 rings (SSSR count). The summed E-state index contributed by atoms with van der Waals surface area (Å²) in [7, 11) is 0. The largest absolute Gasteiger partial charge is 0.387 e. The first-order valence-corrected chi connectivity index (χ1v) is 7.81. The maximum atomic E-state index is 12.5. The van der Waals surface area contributed by atoms with E-state index in [-0.39, 0.29) is 17.9 Å². The highest BCUT2D eigenvalue weighted by molar-refractivity contribution is 6.06. The first kappa shape index (κ1) is 17.5. The summed E-state index contributed by atoms with van der Waals surface area (Å²) in [5.41, 5.74) is 2.20. The van der Waals surface area contributed by atoms with Gasteiger partial charge in [0, 0.05) is 24.4 Å². The van der Waals surface area contributed by atoms with Gasteiger partial charge in [0.1, 0.15) is 0 Å². The van der Waals surface area contributed by atoms with Crippen LogP contribution in [-0.2, 0) is 0 Å². The van der Waals surface area contributed by atoms with Crippen molar-refractivity contribution < 1.29 is 19.3 Å². The van der Waals surface area contributed by atoms with Crippen LogP contribution in [0.15, 0.2) is 34.9 Å². The SMILES string of the molecule is Cc1cc(C(=O)NCC(O)c2ccc([N+](=O)[O-])cc2)c2c(C)noc2n1. The summed E-state index contributed by atoms with van der Waals surface area (Å²) in [6, 6.07) is 7.13. The van der Waals surface area contributed by atoms with Crippen LogP contribution in [0.5, 0.6) is 0 Å². The van der Waals surface area contributed by atoms with Gasteiger partial charge in [-0.2, -0.15) is 0 Å². The third kappa shape index (κ3) is 3.38. The molecule has 2 heterocycles. The lowest BCUT2D eigenvalue weighted by molar-refractivity contribution is -0.384. The molecule has 9 heteroatoms. The number of aliphatic hydroxyl groups excluding tert-OH is 1. The first-order valence-electron chi connectivity index (χ1n) is 7.81. The molecule has 0 radical (unpaired) electrons. The van der Waals surface area contributed by atoms with Crippen molar-refractivity contribution in [1.29, 1.82) is 0 Å². The van der Waals surface area contributed by atoms with Gasteiger partial charge in [-0.3, -0.25) is 14.9 Å². The van der Waals surface area contributed by atoms with Crippen molar-refractivity contribution in [2.24, 2.45) is 0 Å². The van der Waals surface area contributed by atoms with E-state index < -0.39 is 16.9 Å². The molecule has 2 aromatic heterocycles. The maximum Gasteiger partial charge on any atom is 0.269 e. The topological polar surface area (TPSA) is 131 Å². The molecule has 0 bridgehead atoms. The smallest absolute Gasteiger partial charge is 0.269 e. The number of aryl methyl sites for hydroxylation is 2. The van der Waals surface area contributed by atoms with Gasteiger partial charge in [0.2, 0.25) is 0 Å². The Balaban J connectivity index is 1.74. The fourth-order valence-corrected chi connectivity index (χ4v) is 2.62. The quantitative estimate of drug-likeness (QED) is 0.529. The van der Waals surface area contributed by atoms with Crippen LogP contribution in [0.25, 0.3) is 11.1 Å². The molecule has 0 fully saturated rings. The van der Waals surface area contributed by atoms with E-state index in [0.29, 0.717) is 27.9 Å². The van der Waals surface area contributed by atoms with Crippen LogP contribution in [0.3, 0.4) is 0 Å². The fraction of sp³-hybridized carbons (Fsp3) is 0.235. The van der Waals surface area contributed by atoms with Crippen LogP contribution in [-0.4, -0.2) is 32.6 Å². The number of nitrogens with zero attached hydrogens (tertiary/aromatic N) is 3. The van der Waals surface area contributed by atoms with E-state index in [1.165, 1.54) is 24.3 Å². The van der Waals surface area contributed by atoms with Crippen LogP contribution < -0.4 is 5.32 Å². The molecule has 2 N–H and O–H groups in total. The number of pyridine rings is 1. The number of hydrogen-bond acceptors (Lipinski definition) is 7.